The maximum absolute atomic E-state index is 12.4. The summed E-state index contributed by atoms with van der Waals surface area (Å²) in [5, 5.41) is 3.55. The number of nitrogens with zero attached hydrogens (tertiary/aromatic N) is 2. The van der Waals surface area contributed by atoms with E-state index in [2.05, 4.69) is 10.2 Å². The Kier molecular flexibility index (Phi) is 5.75. The highest BCUT2D eigenvalue weighted by Crippen LogP contribution is 2.17. The molecule has 2 saturated heterocycles. The van der Waals surface area contributed by atoms with Crippen LogP contribution in [0.3, 0.4) is 0 Å². The van der Waals surface area contributed by atoms with E-state index in [1.807, 2.05) is 17.0 Å². The summed E-state index contributed by atoms with van der Waals surface area (Å²) < 4.78 is 5.71. The molecular weight excluding hydrogens is 314 g/mol. The van der Waals surface area contributed by atoms with E-state index in [1.165, 1.54) is 6.42 Å². The van der Waals surface area contributed by atoms with Crippen LogP contribution in [-0.2, 0) is 4.74 Å². The molecule has 0 aromatic heterocycles. The van der Waals surface area contributed by atoms with E-state index < -0.39 is 0 Å². The molecular formula is C17H24ClN3O2. The molecule has 2 amide bonds. The van der Waals surface area contributed by atoms with Crippen molar-refractivity contribution in [3.63, 3.8) is 0 Å². The van der Waals surface area contributed by atoms with Crippen molar-refractivity contribution >= 4 is 23.3 Å². The SMILES string of the molecule is O=C(Nc1cccc(Cl)c1)N1CCCN(C[C@@H]2CCCO2)CC1. The highest BCUT2D eigenvalue weighted by atomic mass is 35.5. The highest BCUT2D eigenvalue weighted by molar-refractivity contribution is 6.30. The number of nitrogens with one attached hydrogen (secondary N) is 1. The van der Waals surface area contributed by atoms with Gasteiger partial charge in [0.1, 0.15) is 0 Å². The monoisotopic (exact) mass is 337 g/mol. The Labute approximate surface area is 142 Å². The summed E-state index contributed by atoms with van der Waals surface area (Å²) in [5.41, 5.74) is 0.739. The minimum atomic E-state index is -0.0498. The minimum Gasteiger partial charge on any atom is -0.377 e. The lowest BCUT2D eigenvalue weighted by Gasteiger charge is -2.24. The first-order valence-corrected chi connectivity index (χ1v) is 8.74. The molecule has 3 rings (SSSR count). The van der Waals surface area contributed by atoms with Crippen LogP contribution in [0.2, 0.25) is 5.02 Å². The van der Waals surface area contributed by atoms with E-state index in [0.717, 1.165) is 57.9 Å². The number of carbonyl (C=O) groups is 1. The topological polar surface area (TPSA) is 44.8 Å². The molecule has 0 radical (unpaired) electrons. The van der Waals surface area contributed by atoms with Crippen LogP contribution in [-0.4, -0.2) is 61.3 Å². The van der Waals surface area contributed by atoms with Gasteiger partial charge in [-0.2, -0.15) is 0 Å². The number of rotatable bonds is 3. The van der Waals surface area contributed by atoms with Crippen LogP contribution in [0.5, 0.6) is 0 Å². The lowest BCUT2D eigenvalue weighted by Crippen LogP contribution is -2.39. The Balaban J connectivity index is 1.49. The Morgan fingerprint density at radius 3 is 2.96 bits per heavy atom. The average molecular weight is 338 g/mol. The zero-order chi connectivity index (χ0) is 16.1. The largest absolute Gasteiger partial charge is 0.377 e. The molecule has 1 aromatic carbocycles. The Morgan fingerprint density at radius 1 is 1.26 bits per heavy atom. The molecule has 0 saturated carbocycles. The molecule has 1 N–H and O–H groups in total. The van der Waals surface area contributed by atoms with Crippen molar-refractivity contribution in [3.05, 3.63) is 29.3 Å². The van der Waals surface area contributed by atoms with Gasteiger partial charge in [0.15, 0.2) is 0 Å². The molecule has 2 aliphatic rings. The normalized spacial score (nSPS) is 22.8. The van der Waals surface area contributed by atoms with Gasteiger partial charge in [-0.05, 0) is 44.0 Å². The van der Waals surface area contributed by atoms with Gasteiger partial charge in [0.25, 0.3) is 0 Å². The van der Waals surface area contributed by atoms with E-state index in [4.69, 9.17) is 16.3 Å². The Morgan fingerprint density at radius 2 is 2.17 bits per heavy atom. The van der Waals surface area contributed by atoms with Crippen LogP contribution in [0.4, 0.5) is 10.5 Å². The van der Waals surface area contributed by atoms with Crippen LogP contribution < -0.4 is 5.32 Å². The van der Waals surface area contributed by atoms with Gasteiger partial charge >= 0.3 is 6.03 Å². The van der Waals surface area contributed by atoms with Gasteiger partial charge < -0.3 is 15.0 Å². The maximum Gasteiger partial charge on any atom is 0.321 e. The fourth-order valence-corrected chi connectivity index (χ4v) is 3.39. The van der Waals surface area contributed by atoms with Crippen molar-refractivity contribution in [1.29, 1.82) is 0 Å². The predicted molar refractivity (Wildman–Crippen MR) is 92.1 cm³/mol. The van der Waals surface area contributed by atoms with Crippen molar-refractivity contribution < 1.29 is 9.53 Å². The fourth-order valence-electron chi connectivity index (χ4n) is 3.20. The fraction of sp³-hybridized carbons (Fsp3) is 0.588. The number of urea groups is 1. The second-order valence-corrected chi connectivity index (χ2v) is 6.65. The molecule has 0 aliphatic carbocycles. The maximum atomic E-state index is 12.4. The number of halogens is 1. The summed E-state index contributed by atoms with van der Waals surface area (Å²) in [4.78, 5) is 16.7. The molecule has 0 unspecified atom stereocenters. The highest BCUT2D eigenvalue weighted by Gasteiger charge is 2.23. The van der Waals surface area contributed by atoms with Crippen LogP contribution in [0.15, 0.2) is 24.3 Å². The number of amides is 2. The zero-order valence-electron chi connectivity index (χ0n) is 13.3. The summed E-state index contributed by atoms with van der Waals surface area (Å²) in [6, 6.07) is 7.20. The van der Waals surface area contributed by atoms with Gasteiger partial charge in [-0.1, -0.05) is 17.7 Å². The molecule has 126 valence electrons. The number of benzene rings is 1. The summed E-state index contributed by atoms with van der Waals surface area (Å²) in [7, 11) is 0. The van der Waals surface area contributed by atoms with Crippen molar-refractivity contribution in [2.75, 3.05) is 44.6 Å². The predicted octanol–water partition coefficient (Wildman–Crippen LogP) is 3.06. The second-order valence-electron chi connectivity index (χ2n) is 6.22. The first kappa shape index (κ1) is 16.6. The average Bonchev–Trinajstić information content (AvgIpc) is 2.91. The van der Waals surface area contributed by atoms with Gasteiger partial charge in [-0.15, -0.1) is 0 Å². The molecule has 5 nitrogen and oxygen atoms in total. The third-order valence-electron chi connectivity index (χ3n) is 4.44. The van der Waals surface area contributed by atoms with Gasteiger partial charge in [0.05, 0.1) is 6.10 Å². The summed E-state index contributed by atoms with van der Waals surface area (Å²) in [5.74, 6) is 0. The van der Waals surface area contributed by atoms with Crippen LogP contribution >= 0.6 is 11.6 Å². The van der Waals surface area contributed by atoms with Crippen molar-refractivity contribution in [3.8, 4) is 0 Å². The molecule has 0 bridgehead atoms. The van der Waals surface area contributed by atoms with Gasteiger partial charge in [-0.25, -0.2) is 4.79 Å². The lowest BCUT2D eigenvalue weighted by atomic mass is 10.2. The van der Waals surface area contributed by atoms with Crippen LogP contribution in [0, 0.1) is 0 Å². The molecule has 2 heterocycles. The zero-order valence-corrected chi connectivity index (χ0v) is 14.1. The number of hydrogen-bond acceptors (Lipinski definition) is 3. The third-order valence-corrected chi connectivity index (χ3v) is 4.67. The molecule has 2 fully saturated rings. The smallest absolute Gasteiger partial charge is 0.321 e. The minimum absolute atomic E-state index is 0.0498. The second kappa shape index (κ2) is 7.99. The van der Waals surface area contributed by atoms with Gasteiger partial charge in [0.2, 0.25) is 0 Å². The van der Waals surface area contributed by atoms with Crippen molar-refractivity contribution in [2.24, 2.45) is 0 Å². The number of carbonyl (C=O) groups excluding carboxylic acids is 1. The van der Waals surface area contributed by atoms with Crippen molar-refractivity contribution in [2.45, 2.75) is 25.4 Å². The number of anilines is 1. The van der Waals surface area contributed by atoms with E-state index >= 15 is 0 Å². The van der Waals surface area contributed by atoms with E-state index in [1.54, 1.807) is 12.1 Å². The molecule has 1 aromatic rings. The molecule has 2 aliphatic heterocycles. The quantitative estimate of drug-likeness (QED) is 0.922. The Bertz CT molecular complexity index is 534. The van der Waals surface area contributed by atoms with E-state index in [9.17, 15) is 4.79 Å². The van der Waals surface area contributed by atoms with E-state index in [0.29, 0.717) is 11.1 Å². The number of hydrogen-bond donors (Lipinski definition) is 1. The molecule has 0 spiro atoms. The number of ether oxygens (including phenoxy) is 1. The van der Waals surface area contributed by atoms with Crippen molar-refractivity contribution in [1.82, 2.24) is 9.80 Å². The molecule has 6 heteroatoms. The summed E-state index contributed by atoms with van der Waals surface area (Å²) in [6.07, 6.45) is 3.71. The van der Waals surface area contributed by atoms with Crippen LogP contribution in [0.25, 0.3) is 0 Å². The summed E-state index contributed by atoms with van der Waals surface area (Å²) in [6.45, 7) is 5.35. The standard InChI is InChI=1S/C17H24ClN3O2/c18-14-4-1-5-15(12-14)19-17(22)21-8-3-7-20(9-10-21)13-16-6-2-11-23-16/h1,4-5,12,16H,2-3,6-11,13H2,(H,19,22)/t16-/m0/s1. The Hall–Kier alpha value is -1.30. The lowest BCUT2D eigenvalue weighted by molar-refractivity contribution is 0.0747. The third kappa shape index (κ3) is 4.83. The van der Waals surface area contributed by atoms with E-state index in [-0.39, 0.29) is 6.03 Å². The van der Waals surface area contributed by atoms with Gasteiger partial charge in [0, 0.05) is 43.5 Å². The molecule has 1 atom stereocenters. The van der Waals surface area contributed by atoms with Crippen LogP contribution in [0.1, 0.15) is 19.3 Å². The first-order chi connectivity index (χ1) is 11.2. The molecule has 23 heavy (non-hydrogen) atoms. The first-order valence-electron chi connectivity index (χ1n) is 8.36. The summed E-state index contributed by atoms with van der Waals surface area (Å²) >= 11 is 5.96. The van der Waals surface area contributed by atoms with Gasteiger partial charge in [-0.3, -0.25) is 4.90 Å².